The van der Waals surface area contributed by atoms with E-state index in [0.717, 1.165) is 6.42 Å². The third kappa shape index (κ3) is 5.53. The molecule has 0 bridgehead atoms. The highest BCUT2D eigenvalue weighted by atomic mass is 16.6. The summed E-state index contributed by atoms with van der Waals surface area (Å²) in [5.74, 6) is -0.144. The Morgan fingerprint density at radius 3 is 2.48 bits per heavy atom. The SMILES string of the molecule is CC[C@H](C)[C@H](NC(=O)OC(C)(C)C)C(=O)N1CCC(O)C1. The average molecular weight is 300 g/mol. The number of carbonyl (C=O) groups is 2. The van der Waals surface area contributed by atoms with Crippen molar-refractivity contribution < 1.29 is 19.4 Å². The van der Waals surface area contributed by atoms with Gasteiger partial charge in [0.25, 0.3) is 0 Å². The highest BCUT2D eigenvalue weighted by Gasteiger charge is 2.34. The van der Waals surface area contributed by atoms with Gasteiger partial charge in [-0.05, 0) is 33.1 Å². The molecule has 0 aromatic heterocycles. The Balaban J connectivity index is 2.72. The maximum Gasteiger partial charge on any atom is 0.408 e. The first-order chi connectivity index (χ1) is 9.64. The molecule has 1 aliphatic heterocycles. The summed E-state index contributed by atoms with van der Waals surface area (Å²) < 4.78 is 5.23. The van der Waals surface area contributed by atoms with Crippen molar-refractivity contribution in [2.75, 3.05) is 13.1 Å². The standard InChI is InChI=1S/C15H28N2O4/c1-6-10(2)12(16-14(20)21-15(3,4)5)13(19)17-8-7-11(18)9-17/h10-12,18H,6-9H2,1-5H3,(H,16,20)/t10-,11?,12-/m0/s1. The van der Waals surface area contributed by atoms with E-state index in [-0.39, 0.29) is 11.8 Å². The fourth-order valence-corrected chi connectivity index (χ4v) is 2.26. The van der Waals surface area contributed by atoms with E-state index in [9.17, 15) is 14.7 Å². The number of aliphatic hydroxyl groups is 1. The number of amides is 2. The molecule has 1 rings (SSSR count). The molecule has 1 heterocycles. The van der Waals surface area contributed by atoms with Crippen LogP contribution in [0.5, 0.6) is 0 Å². The number of rotatable bonds is 4. The van der Waals surface area contributed by atoms with Gasteiger partial charge in [-0.25, -0.2) is 4.79 Å². The molecule has 1 aliphatic rings. The van der Waals surface area contributed by atoms with E-state index < -0.39 is 23.8 Å². The summed E-state index contributed by atoms with van der Waals surface area (Å²) in [6.45, 7) is 10.1. The van der Waals surface area contributed by atoms with Gasteiger partial charge in [-0.3, -0.25) is 4.79 Å². The topological polar surface area (TPSA) is 78.9 Å². The van der Waals surface area contributed by atoms with Gasteiger partial charge < -0.3 is 20.1 Å². The summed E-state index contributed by atoms with van der Waals surface area (Å²) in [5, 5.41) is 12.2. The lowest BCUT2D eigenvalue weighted by Crippen LogP contribution is -2.52. The normalized spacial score (nSPS) is 21.8. The number of carbonyl (C=O) groups excluding carboxylic acids is 2. The Morgan fingerprint density at radius 1 is 1.43 bits per heavy atom. The van der Waals surface area contributed by atoms with E-state index in [1.807, 2.05) is 13.8 Å². The molecule has 0 spiro atoms. The van der Waals surface area contributed by atoms with Crippen molar-refractivity contribution in [2.45, 2.75) is 65.2 Å². The van der Waals surface area contributed by atoms with Crippen LogP contribution in [0.25, 0.3) is 0 Å². The number of hydrogen-bond donors (Lipinski definition) is 2. The second-order valence-corrected chi connectivity index (χ2v) is 6.74. The van der Waals surface area contributed by atoms with Crippen molar-refractivity contribution in [3.05, 3.63) is 0 Å². The molecular formula is C15H28N2O4. The molecule has 0 radical (unpaired) electrons. The average Bonchev–Trinajstić information content (AvgIpc) is 2.79. The number of likely N-dealkylation sites (tertiary alicyclic amines) is 1. The van der Waals surface area contributed by atoms with Crippen LogP contribution in [-0.2, 0) is 9.53 Å². The smallest absolute Gasteiger partial charge is 0.408 e. The van der Waals surface area contributed by atoms with Gasteiger partial charge in [0.1, 0.15) is 11.6 Å². The van der Waals surface area contributed by atoms with Crippen molar-refractivity contribution in [2.24, 2.45) is 5.92 Å². The zero-order valence-electron chi connectivity index (χ0n) is 13.7. The van der Waals surface area contributed by atoms with Gasteiger partial charge in [0, 0.05) is 13.1 Å². The third-order valence-electron chi connectivity index (χ3n) is 3.63. The van der Waals surface area contributed by atoms with Gasteiger partial charge in [-0.2, -0.15) is 0 Å². The molecule has 6 nitrogen and oxygen atoms in total. The van der Waals surface area contributed by atoms with Crippen LogP contribution in [0.2, 0.25) is 0 Å². The lowest BCUT2D eigenvalue weighted by atomic mass is 9.98. The van der Waals surface area contributed by atoms with Gasteiger partial charge in [0.2, 0.25) is 5.91 Å². The third-order valence-corrected chi connectivity index (χ3v) is 3.63. The van der Waals surface area contributed by atoms with Crippen molar-refractivity contribution >= 4 is 12.0 Å². The number of aliphatic hydroxyl groups excluding tert-OH is 1. The molecule has 122 valence electrons. The maximum atomic E-state index is 12.5. The van der Waals surface area contributed by atoms with Crippen molar-refractivity contribution in [3.8, 4) is 0 Å². The predicted molar refractivity (Wildman–Crippen MR) is 79.8 cm³/mol. The molecule has 2 N–H and O–H groups in total. The Labute approximate surface area is 126 Å². The van der Waals surface area contributed by atoms with E-state index in [4.69, 9.17) is 4.74 Å². The van der Waals surface area contributed by atoms with Gasteiger partial charge in [-0.15, -0.1) is 0 Å². The zero-order chi connectivity index (χ0) is 16.2. The van der Waals surface area contributed by atoms with E-state index in [2.05, 4.69) is 5.32 Å². The lowest BCUT2D eigenvalue weighted by molar-refractivity contribution is -0.134. The summed E-state index contributed by atoms with van der Waals surface area (Å²) >= 11 is 0. The number of β-amino-alcohol motifs (C(OH)–C–C–N with tert-alkyl or cyclic N) is 1. The minimum atomic E-state index is -0.616. The monoisotopic (exact) mass is 300 g/mol. The number of ether oxygens (including phenoxy) is 1. The van der Waals surface area contributed by atoms with Gasteiger partial charge in [-0.1, -0.05) is 20.3 Å². The van der Waals surface area contributed by atoms with E-state index >= 15 is 0 Å². The molecule has 1 fully saturated rings. The fourth-order valence-electron chi connectivity index (χ4n) is 2.26. The summed E-state index contributed by atoms with van der Waals surface area (Å²) in [5.41, 5.74) is -0.600. The van der Waals surface area contributed by atoms with E-state index in [1.165, 1.54) is 0 Å². The Morgan fingerprint density at radius 2 is 2.05 bits per heavy atom. The molecule has 0 saturated carbocycles. The van der Waals surface area contributed by atoms with Crippen LogP contribution < -0.4 is 5.32 Å². The van der Waals surface area contributed by atoms with Crippen LogP contribution in [0.15, 0.2) is 0 Å². The summed E-state index contributed by atoms with van der Waals surface area (Å²) in [7, 11) is 0. The second-order valence-electron chi connectivity index (χ2n) is 6.74. The maximum absolute atomic E-state index is 12.5. The van der Waals surface area contributed by atoms with Gasteiger partial charge in [0.05, 0.1) is 6.10 Å². The summed E-state index contributed by atoms with van der Waals surface area (Å²) in [6, 6.07) is -0.616. The van der Waals surface area contributed by atoms with Crippen LogP contribution in [0.1, 0.15) is 47.5 Å². The minimum Gasteiger partial charge on any atom is -0.444 e. The zero-order valence-corrected chi connectivity index (χ0v) is 13.7. The van der Waals surface area contributed by atoms with E-state index in [0.29, 0.717) is 19.5 Å². The molecule has 0 aromatic rings. The van der Waals surface area contributed by atoms with Crippen molar-refractivity contribution in [3.63, 3.8) is 0 Å². The second kappa shape index (κ2) is 7.11. The molecule has 2 amide bonds. The molecule has 21 heavy (non-hydrogen) atoms. The van der Waals surface area contributed by atoms with Crippen LogP contribution in [0, 0.1) is 5.92 Å². The molecule has 6 heteroatoms. The van der Waals surface area contributed by atoms with Crippen LogP contribution in [0.3, 0.4) is 0 Å². The molecular weight excluding hydrogens is 272 g/mol. The minimum absolute atomic E-state index is 0.00256. The molecule has 0 aliphatic carbocycles. The first-order valence-corrected chi connectivity index (χ1v) is 7.60. The fraction of sp³-hybridized carbons (Fsp3) is 0.867. The highest BCUT2D eigenvalue weighted by molar-refractivity contribution is 5.86. The van der Waals surface area contributed by atoms with Crippen LogP contribution in [0.4, 0.5) is 4.79 Å². The molecule has 1 unspecified atom stereocenters. The largest absolute Gasteiger partial charge is 0.444 e. The lowest BCUT2D eigenvalue weighted by Gasteiger charge is -2.29. The molecule has 3 atom stereocenters. The van der Waals surface area contributed by atoms with Gasteiger partial charge >= 0.3 is 6.09 Å². The summed E-state index contributed by atoms with van der Waals surface area (Å²) in [4.78, 5) is 26.1. The highest BCUT2D eigenvalue weighted by Crippen LogP contribution is 2.16. The quantitative estimate of drug-likeness (QED) is 0.825. The van der Waals surface area contributed by atoms with Crippen molar-refractivity contribution in [1.82, 2.24) is 10.2 Å². The van der Waals surface area contributed by atoms with Gasteiger partial charge in [0.15, 0.2) is 0 Å². The Kier molecular flexibility index (Phi) is 6.01. The van der Waals surface area contributed by atoms with E-state index in [1.54, 1.807) is 25.7 Å². The van der Waals surface area contributed by atoms with Crippen LogP contribution >= 0.6 is 0 Å². The molecule has 0 aromatic carbocycles. The number of hydrogen-bond acceptors (Lipinski definition) is 4. The van der Waals surface area contributed by atoms with Crippen molar-refractivity contribution in [1.29, 1.82) is 0 Å². The molecule has 1 saturated heterocycles. The Hall–Kier alpha value is -1.30. The first-order valence-electron chi connectivity index (χ1n) is 7.60. The number of nitrogens with zero attached hydrogens (tertiary/aromatic N) is 1. The predicted octanol–water partition coefficient (Wildman–Crippen LogP) is 1.52. The van der Waals surface area contributed by atoms with Crippen LogP contribution in [-0.4, -0.2) is 52.8 Å². The number of nitrogens with one attached hydrogen (secondary N) is 1. The Bertz CT molecular complexity index is 378. The summed E-state index contributed by atoms with van der Waals surface area (Å²) in [6.07, 6.45) is 0.308. The number of alkyl carbamates (subject to hydrolysis) is 1. The first kappa shape index (κ1) is 17.8.